The molecule has 0 unspecified atom stereocenters. The Morgan fingerprint density at radius 2 is 1.81 bits per heavy atom. The number of carbonyl (C=O) groups is 1. The number of aliphatic hydroxyl groups excluding tert-OH is 1. The third kappa shape index (κ3) is 4.94. The second-order valence-electron chi connectivity index (χ2n) is 3.92. The number of benzene rings is 1. The SMILES string of the molecule is O=C(O)CCCCC[C@H](O)c1ccccc1. The van der Waals surface area contributed by atoms with Crippen LogP contribution in [0.3, 0.4) is 0 Å². The van der Waals surface area contributed by atoms with Crippen LogP contribution >= 0.6 is 0 Å². The van der Waals surface area contributed by atoms with Crippen molar-refractivity contribution in [3.8, 4) is 0 Å². The molecule has 16 heavy (non-hydrogen) atoms. The van der Waals surface area contributed by atoms with Gasteiger partial charge < -0.3 is 10.2 Å². The average molecular weight is 222 g/mol. The van der Waals surface area contributed by atoms with E-state index in [2.05, 4.69) is 0 Å². The summed E-state index contributed by atoms with van der Waals surface area (Å²) in [4.78, 5) is 10.3. The fourth-order valence-electron chi connectivity index (χ4n) is 1.63. The van der Waals surface area contributed by atoms with Crippen LogP contribution in [0.4, 0.5) is 0 Å². The van der Waals surface area contributed by atoms with Gasteiger partial charge in [-0.05, 0) is 18.4 Å². The zero-order valence-electron chi connectivity index (χ0n) is 9.30. The molecule has 0 amide bonds. The first-order chi connectivity index (χ1) is 7.70. The van der Waals surface area contributed by atoms with Gasteiger partial charge in [-0.3, -0.25) is 4.79 Å². The van der Waals surface area contributed by atoms with Gasteiger partial charge >= 0.3 is 5.97 Å². The summed E-state index contributed by atoms with van der Waals surface area (Å²) in [5.74, 6) is -0.747. The van der Waals surface area contributed by atoms with Crippen LogP contribution in [-0.2, 0) is 4.79 Å². The van der Waals surface area contributed by atoms with E-state index < -0.39 is 12.1 Å². The Kier molecular flexibility index (Phi) is 5.57. The second-order valence-corrected chi connectivity index (χ2v) is 3.92. The molecule has 0 radical (unpaired) electrons. The van der Waals surface area contributed by atoms with Gasteiger partial charge in [-0.1, -0.05) is 43.2 Å². The fourth-order valence-corrected chi connectivity index (χ4v) is 1.63. The maximum atomic E-state index is 10.3. The smallest absolute Gasteiger partial charge is 0.303 e. The third-order valence-corrected chi connectivity index (χ3v) is 2.55. The summed E-state index contributed by atoms with van der Waals surface area (Å²) >= 11 is 0. The summed E-state index contributed by atoms with van der Waals surface area (Å²) in [7, 11) is 0. The standard InChI is InChI=1S/C13H18O3/c14-12(11-7-3-1-4-8-11)9-5-2-6-10-13(15)16/h1,3-4,7-8,12,14H,2,5-6,9-10H2,(H,15,16)/t12-/m0/s1. The lowest BCUT2D eigenvalue weighted by atomic mass is 10.0. The highest BCUT2D eigenvalue weighted by atomic mass is 16.4. The molecule has 3 nitrogen and oxygen atoms in total. The third-order valence-electron chi connectivity index (χ3n) is 2.55. The number of hydrogen-bond donors (Lipinski definition) is 2. The molecular weight excluding hydrogens is 204 g/mol. The van der Waals surface area contributed by atoms with Crippen molar-refractivity contribution in [3.63, 3.8) is 0 Å². The van der Waals surface area contributed by atoms with E-state index in [0.29, 0.717) is 12.8 Å². The van der Waals surface area contributed by atoms with Crippen molar-refractivity contribution in [1.82, 2.24) is 0 Å². The first-order valence-electron chi connectivity index (χ1n) is 5.65. The van der Waals surface area contributed by atoms with Crippen molar-refractivity contribution in [3.05, 3.63) is 35.9 Å². The van der Waals surface area contributed by atoms with Gasteiger partial charge in [0, 0.05) is 6.42 Å². The molecule has 0 saturated carbocycles. The van der Waals surface area contributed by atoms with Crippen molar-refractivity contribution >= 4 is 5.97 Å². The summed E-state index contributed by atoms with van der Waals surface area (Å²) in [5.41, 5.74) is 0.931. The van der Waals surface area contributed by atoms with Crippen LogP contribution in [0, 0.1) is 0 Å². The van der Waals surface area contributed by atoms with Crippen molar-refractivity contribution in [2.24, 2.45) is 0 Å². The van der Waals surface area contributed by atoms with E-state index in [1.165, 1.54) is 0 Å². The molecular formula is C13H18O3. The number of carboxylic acid groups (broad SMARTS) is 1. The molecule has 0 spiro atoms. The van der Waals surface area contributed by atoms with E-state index in [1.54, 1.807) is 0 Å². The van der Waals surface area contributed by atoms with E-state index in [1.807, 2.05) is 30.3 Å². The number of aliphatic hydroxyl groups is 1. The molecule has 0 heterocycles. The minimum atomic E-state index is -0.747. The van der Waals surface area contributed by atoms with Crippen LogP contribution in [0.1, 0.15) is 43.8 Å². The summed E-state index contributed by atoms with van der Waals surface area (Å²) in [6, 6.07) is 9.54. The van der Waals surface area contributed by atoms with Gasteiger partial charge in [0.2, 0.25) is 0 Å². The molecule has 3 heteroatoms. The van der Waals surface area contributed by atoms with Gasteiger partial charge in [0.1, 0.15) is 0 Å². The molecule has 1 atom stereocenters. The largest absolute Gasteiger partial charge is 0.481 e. The van der Waals surface area contributed by atoms with Gasteiger partial charge in [-0.25, -0.2) is 0 Å². The maximum absolute atomic E-state index is 10.3. The van der Waals surface area contributed by atoms with Gasteiger partial charge in [-0.2, -0.15) is 0 Å². The molecule has 0 aliphatic rings. The molecule has 1 aromatic carbocycles. The second kappa shape index (κ2) is 7.01. The number of carboxylic acids is 1. The summed E-state index contributed by atoms with van der Waals surface area (Å²) in [6.45, 7) is 0. The van der Waals surface area contributed by atoms with E-state index in [4.69, 9.17) is 5.11 Å². The molecule has 0 aromatic heterocycles. The molecule has 0 fully saturated rings. The van der Waals surface area contributed by atoms with Crippen LogP contribution in [-0.4, -0.2) is 16.2 Å². The van der Waals surface area contributed by atoms with Gasteiger partial charge in [0.05, 0.1) is 6.10 Å². The lowest BCUT2D eigenvalue weighted by Gasteiger charge is -2.10. The topological polar surface area (TPSA) is 57.5 Å². The lowest BCUT2D eigenvalue weighted by molar-refractivity contribution is -0.137. The minimum Gasteiger partial charge on any atom is -0.481 e. The predicted octanol–water partition coefficient (Wildman–Crippen LogP) is 2.76. The molecule has 88 valence electrons. The number of hydrogen-bond acceptors (Lipinski definition) is 2. The summed E-state index contributed by atoms with van der Waals surface area (Å²) in [5, 5.41) is 18.3. The zero-order chi connectivity index (χ0) is 11.8. The molecule has 0 aliphatic heterocycles. The van der Waals surface area contributed by atoms with Gasteiger partial charge in [0.25, 0.3) is 0 Å². The first-order valence-corrected chi connectivity index (χ1v) is 5.65. The summed E-state index contributed by atoms with van der Waals surface area (Å²) in [6.07, 6.45) is 2.91. The Balaban J connectivity index is 2.16. The first kappa shape index (κ1) is 12.7. The van der Waals surface area contributed by atoms with Crippen molar-refractivity contribution < 1.29 is 15.0 Å². The quantitative estimate of drug-likeness (QED) is 0.697. The summed E-state index contributed by atoms with van der Waals surface area (Å²) < 4.78 is 0. The van der Waals surface area contributed by atoms with E-state index in [0.717, 1.165) is 18.4 Å². The number of aliphatic carboxylic acids is 1. The Morgan fingerprint density at radius 1 is 1.12 bits per heavy atom. The molecule has 2 N–H and O–H groups in total. The van der Waals surface area contributed by atoms with Crippen LogP contribution in [0.5, 0.6) is 0 Å². The Labute approximate surface area is 95.7 Å². The molecule has 0 aliphatic carbocycles. The molecule has 1 aromatic rings. The van der Waals surface area contributed by atoms with Crippen molar-refractivity contribution in [2.75, 3.05) is 0 Å². The Bertz CT molecular complexity index is 308. The lowest BCUT2D eigenvalue weighted by Crippen LogP contribution is -1.98. The van der Waals surface area contributed by atoms with Crippen LogP contribution in [0.25, 0.3) is 0 Å². The number of rotatable bonds is 7. The molecule has 0 bridgehead atoms. The molecule has 1 rings (SSSR count). The van der Waals surface area contributed by atoms with Crippen LogP contribution in [0.2, 0.25) is 0 Å². The Morgan fingerprint density at radius 3 is 2.44 bits per heavy atom. The highest BCUT2D eigenvalue weighted by Crippen LogP contribution is 2.19. The van der Waals surface area contributed by atoms with E-state index in [-0.39, 0.29) is 6.42 Å². The highest BCUT2D eigenvalue weighted by molar-refractivity contribution is 5.66. The highest BCUT2D eigenvalue weighted by Gasteiger charge is 2.06. The monoisotopic (exact) mass is 222 g/mol. The van der Waals surface area contributed by atoms with E-state index in [9.17, 15) is 9.90 Å². The van der Waals surface area contributed by atoms with Gasteiger partial charge in [0.15, 0.2) is 0 Å². The van der Waals surface area contributed by atoms with Crippen molar-refractivity contribution in [2.45, 2.75) is 38.2 Å². The number of unbranched alkanes of at least 4 members (excludes halogenated alkanes) is 2. The maximum Gasteiger partial charge on any atom is 0.303 e. The fraction of sp³-hybridized carbons (Fsp3) is 0.462. The van der Waals surface area contributed by atoms with E-state index >= 15 is 0 Å². The zero-order valence-corrected chi connectivity index (χ0v) is 9.30. The normalized spacial score (nSPS) is 12.3. The van der Waals surface area contributed by atoms with Gasteiger partial charge in [-0.15, -0.1) is 0 Å². The van der Waals surface area contributed by atoms with Crippen LogP contribution in [0.15, 0.2) is 30.3 Å². The minimum absolute atomic E-state index is 0.224. The van der Waals surface area contributed by atoms with Crippen LogP contribution < -0.4 is 0 Å². The average Bonchev–Trinajstić information content (AvgIpc) is 2.29. The Hall–Kier alpha value is -1.35. The van der Waals surface area contributed by atoms with Crippen molar-refractivity contribution in [1.29, 1.82) is 0 Å². The molecule has 0 saturated heterocycles. The predicted molar refractivity (Wildman–Crippen MR) is 62.1 cm³/mol.